The van der Waals surface area contributed by atoms with E-state index in [0.29, 0.717) is 25.5 Å². The van der Waals surface area contributed by atoms with Gasteiger partial charge in [0, 0.05) is 22.2 Å². The molecule has 0 aliphatic rings. The molecule has 0 unspecified atom stereocenters. The van der Waals surface area contributed by atoms with Crippen molar-refractivity contribution in [3.8, 4) is 0 Å². The molecule has 0 bridgehead atoms. The summed E-state index contributed by atoms with van der Waals surface area (Å²) in [4.78, 5) is 40.0. The van der Waals surface area contributed by atoms with Crippen LogP contribution in [0.1, 0.15) is 9.67 Å². The Morgan fingerprint density at radius 2 is 1.90 bits per heavy atom. The fraction of sp³-hybridized carbons (Fsp3) is 0.105. The fourth-order valence-corrected chi connectivity index (χ4v) is 5.36. The molecule has 4 rings (SSSR count). The zero-order valence-corrected chi connectivity index (χ0v) is 18.8. The van der Waals surface area contributed by atoms with Crippen molar-refractivity contribution in [2.75, 3.05) is 7.11 Å². The predicted molar refractivity (Wildman–Crippen MR) is 120 cm³/mol. The first-order valence-corrected chi connectivity index (χ1v) is 11.0. The Hall–Kier alpha value is -2.79. The summed E-state index contributed by atoms with van der Waals surface area (Å²) in [5, 5.41) is 12.1. The van der Waals surface area contributed by atoms with E-state index in [0.717, 1.165) is 4.70 Å². The van der Waals surface area contributed by atoms with Crippen LogP contribution in [0.3, 0.4) is 0 Å². The van der Waals surface area contributed by atoms with Crippen molar-refractivity contribution >= 4 is 83.7 Å². The molecule has 4 aromatic rings. The van der Waals surface area contributed by atoms with Gasteiger partial charge in [0.05, 0.1) is 37.2 Å². The number of ether oxygens (including phenoxy) is 1. The van der Waals surface area contributed by atoms with Gasteiger partial charge in [-0.25, -0.2) is 0 Å². The first-order chi connectivity index (χ1) is 14.8. The maximum absolute atomic E-state index is 12.9. The maximum Gasteiger partial charge on any atom is 0.325 e. The Labute approximate surface area is 192 Å². The van der Waals surface area contributed by atoms with E-state index in [1.54, 1.807) is 24.3 Å². The third kappa shape index (κ3) is 4.07. The molecule has 0 radical (unpaired) electrons. The molecular weight excluding hydrogens is 485 g/mol. The molecule has 0 aliphatic heterocycles. The zero-order chi connectivity index (χ0) is 22.3. The number of methoxy groups -OCH3 is 1. The number of nitro benzene ring substituents is 1. The van der Waals surface area contributed by atoms with E-state index < -0.39 is 16.8 Å². The molecule has 0 saturated carbocycles. The lowest BCUT2D eigenvalue weighted by atomic mass is 10.2. The number of hydrogen-bond donors (Lipinski definition) is 0. The summed E-state index contributed by atoms with van der Waals surface area (Å²) in [6.07, 6.45) is 0. The summed E-state index contributed by atoms with van der Waals surface area (Å²) in [5.74, 6) is -1.09. The highest BCUT2D eigenvalue weighted by Crippen LogP contribution is 2.33. The lowest BCUT2D eigenvalue weighted by Crippen LogP contribution is -2.22. The molecule has 2 aromatic heterocycles. The molecule has 0 fully saturated rings. The Morgan fingerprint density at radius 3 is 2.61 bits per heavy atom. The molecule has 1 amide bonds. The number of aromatic nitrogens is 1. The van der Waals surface area contributed by atoms with E-state index in [1.807, 2.05) is 0 Å². The molecule has 158 valence electrons. The average Bonchev–Trinajstić information content (AvgIpc) is 3.32. The number of fused-ring (bicyclic) bond motifs is 2. The minimum atomic E-state index is -0.545. The van der Waals surface area contributed by atoms with Gasteiger partial charge in [0.15, 0.2) is 4.80 Å². The number of halogens is 2. The van der Waals surface area contributed by atoms with Crippen molar-refractivity contribution in [2.24, 2.45) is 4.99 Å². The molecule has 31 heavy (non-hydrogen) atoms. The predicted octanol–water partition coefficient (Wildman–Crippen LogP) is 5.05. The van der Waals surface area contributed by atoms with Gasteiger partial charge in [0.2, 0.25) is 0 Å². The second-order valence-electron chi connectivity index (χ2n) is 6.26. The van der Waals surface area contributed by atoms with Crippen molar-refractivity contribution < 1.29 is 19.2 Å². The minimum absolute atomic E-state index is 0.0619. The highest BCUT2D eigenvalue weighted by molar-refractivity contribution is 7.21. The van der Waals surface area contributed by atoms with Gasteiger partial charge in [-0.2, -0.15) is 4.99 Å². The van der Waals surface area contributed by atoms with E-state index in [4.69, 9.17) is 27.9 Å². The monoisotopic (exact) mass is 495 g/mol. The second kappa shape index (κ2) is 8.39. The van der Waals surface area contributed by atoms with E-state index in [-0.39, 0.29) is 22.1 Å². The van der Waals surface area contributed by atoms with Crippen LogP contribution in [-0.2, 0) is 16.1 Å². The number of thiazole rings is 1. The van der Waals surface area contributed by atoms with Gasteiger partial charge in [0.1, 0.15) is 6.54 Å². The van der Waals surface area contributed by atoms with Gasteiger partial charge in [-0.1, -0.05) is 34.5 Å². The largest absolute Gasteiger partial charge is 0.468 e. The van der Waals surface area contributed by atoms with Crippen LogP contribution < -0.4 is 4.80 Å². The first-order valence-electron chi connectivity index (χ1n) is 8.59. The van der Waals surface area contributed by atoms with Crippen LogP contribution in [0, 0.1) is 10.1 Å². The van der Waals surface area contributed by atoms with Gasteiger partial charge >= 0.3 is 5.97 Å². The number of carbonyl (C=O) groups is 2. The molecule has 0 spiro atoms. The molecule has 0 atom stereocenters. The molecule has 0 aliphatic carbocycles. The summed E-state index contributed by atoms with van der Waals surface area (Å²) in [6.45, 7) is -0.207. The number of rotatable bonds is 4. The highest BCUT2D eigenvalue weighted by Gasteiger charge is 2.18. The number of hydrogen-bond acceptors (Lipinski definition) is 7. The van der Waals surface area contributed by atoms with Crippen molar-refractivity contribution in [3.63, 3.8) is 0 Å². The summed E-state index contributed by atoms with van der Waals surface area (Å²) in [6, 6.07) is 9.28. The molecule has 2 heterocycles. The quantitative estimate of drug-likeness (QED) is 0.224. The van der Waals surface area contributed by atoms with Gasteiger partial charge < -0.3 is 9.30 Å². The van der Waals surface area contributed by atoms with E-state index in [2.05, 4.69) is 4.99 Å². The molecule has 0 saturated heterocycles. The van der Waals surface area contributed by atoms with E-state index in [1.165, 1.54) is 46.5 Å². The number of benzene rings is 2. The standard InChI is InChI=1S/C19H11Cl2N3O5S2/c1-29-15(25)8-23-17-13(5-3-11(20)16(17)21)31-19(23)22-18(26)14-7-9-6-10(24(27)28)2-4-12(9)30-14/h2-7H,8H2,1H3. The normalized spacial score (nSPS) is 11.9. The summed E-state index contributed by atoms with van der Waals surface area (Å²) < 4.78 is 7.64. The van der Waals surface area contributed by atoms with Crippen molar-refractivity contribution in [3.05, 3.63) is 66.2 Å². The third-order valence-corrected chi connectivity index (χ3v) is 7.31. The maximum atomic E-state index is 12.9. The van der Waals surface area contributed by atoms with Crippen LogP contribution in [-0.4, -0.2) is 28.5 Å². The Bertz CT molecular complexity index is 1450. The van der Waals surface area contributed by atoms with Crippen LogP contribution in [0.2, 0.25) is 10.0 Å². The van der Waals surface area contributed by atoms with Crippen LogP contribution in [0.4, 0.5) is 5.69 Å². The van der Waals surface area contributed by atoms with Crippen LogP contribution in [0.5, 0.6) is 0 Å². The number of thiophene rings is 1. The molecule has 8 nitrogen and oxygen atoms in total. The lowest BCUT2D eigenvalue weighted by Gasteiger charge is -2.05. The van der Waals surface area contributed by atoms with Crippen molar-refractivity contribution in [1.29, 1.82) is 0 Å². The zero-order valence-electron chi connectivity index (χ0n) is 15.6. The number of carbonyl (C=O) groups excluding carboxylic acids is 2. The first kappa shape index (κ1) is 21.4. The summed E-state index contributed by atoms with van der Waals surface area (Å²) in [5.41, 5.74) is 0.413. The summed E-state index contributed by atoms with van der Waals surface area (Å²) in [7, 11) is 1.25. The Balaban J connectivity index is 1.84. The molecule has 12 heteroatoms. The summed E-state index contributed by atoms with van der Waals surface area (Å²) >= 11 is 14.8. The Morgan fingerprint density at radius 1 is 1.16 bits per heavy atom. The SMILES string of the molecule is COC(=O)Cn1c(=NC(=O)c2cc3cc([N+](=O)[O-])ccc3s2)sc2ccc(Cl)c(Cl)c21. The second-order valence-corrected chi connectivity index (χ2v) is 9.14. The van der Waals surface area contributed by atoms with E-state index in [9.17, 15) is 19.7 Å². The molecule has 0 N–H and O–H groups in total. The topological polar surface area (TPSA) is 104 Å². The van der Waals surface area contributed by atoms with Crippen molar-refractivity contribution in [1.82, 2.24) is 4.57 Å². The number of esters is 1. The molecular formula is C19H11Cl2N3O5S2. The lowest BCUT2D eigenvalue weighted by molar-refractivity contribution is -0.384. The number of nitrogens with zero attached hydrogens (tertiary/aromatic N) is 3. The van der Waals surface area contributed by atoms with Gasteiger partial charge in [-0.15, -0.1) is 11.3 Å². The van der Waals surface area contributed by atoms with Gasteiger partial charge in [-0.3, -0.25) is 19.7 Å². The van der Waals surface area contributed by atoms with Gasteiger partial charge in [-0.05, 0) is 24.3 Å². The van der Waals surface area contributed by atoms with Crippen LogP contribution >= 0.6 is 45.9 Å². The van der Waals surface area contributed by atoms with Crippen molar-refractivity contribution in [2.45, 2.75) is 6.54 Å². The number of non-ortho nitro benzene ring substituents is 1. The smallest absolute Gasteiger partial charge is 0.325 e. The van der Waals surface area contributed by atoms with Crippen LogP contribution in [0.25, 0.3) is 20.3 Å². The minimum Gasteiger partial charge on any atom is -0.468 e. The highest BCUT2D eigenvalue weighted by atomic mass is 35.5. The fourth-order valence-electron chi connectivity index (χ4n) is 2.92. The number of amides is 1. The number of nitro groups is 1. The third-order valence-electron chi connectivity index (χ3n) is 4.37. The van der Waals surface area contributed by atoms with Gasteiger partial charge in [0.25, 0.3) is 11.6 Å². The average molecular weight is 496 g/mol. The van der Waals surface area contributed by atoms with E-state index >= 15 is 0 Å². The Kier molecular flexibility index (Phi) is 5.80. The molecule has 2 aromatic carbocycles. The van der Waals surface area contributed by atoms with Crippen LogP contribution in [0.15, 0.2) is 41.4 Å².